The molecule has 0 spiro atoms. The second kappa shape index (κ2) is 5.65. The van der Waals surface area contributed by atoms with Gasteiger partial charge in [0, 0.05) is 20.0 Å². The van der Waals surface area contributed by atoms with Gasteiger partial charge in [-0.15, -0.1) is 10.2 Å². The van der Waals surface area contributed by atoms with Crippen LogP contribution in [-0.4, -0.2) is 32.6 Å². The third-order valence-electron chi connectivity index (χ3n) is 3.87. The minimum Gasteiger partial charge on any atom is -0.337 e. The summed E-state index contributed by atoms with van der Waals surface area (Å²) in [5.41, 5.74) is 6.87. The van der Waals surface area contributed by atoms with E-state index in [1.54, 1.807) is 11.9 Å². The van der Waals surface area contributed by atoms with Gasteiger partial charge in [-0.25, -0.2) is 0 Å². The van der Waals surface area contributed by atoms with Gasteiger partial charge in [0.05, 0.1) is 6.54 Å². The zero-order valence-corrected chi connectivity index (χ0v) is 12.1. The maximum absolute atomic E-state index is 12.4. The number of nitrogens with two attached hydrogens (primary N) is 1. The van der Waals surface area contributed by atoms with Crippen molar-refractivity contribution in [2.45, 2.75) is 32.0 Å². The molecule has 0 saturated carbocycles. The molecular weight excluding hydrogens is 266 g/mol. The third-order valence-corrected chi connectivity index (χ3v) is 3.87. The number of aryl methyl sites for hydroxylation is 1. The van der Waals surface area contributed by atoms with Crippen LogP contribution in [0, 0.1) is 0 Å². The summed E-state index contributed by atoms with van der Waals surface area (Å²) in [6.45, 7) is 1.37. The molecule has 2 heterocycles. The first-order chi connectivity index (χ1) is 10.2. The van der Waals surface area contributed by atoms with E-state index in [0.717, 1.165) is 36.6 Å². The molecule has 6 nitrogen and oxygen atoms in total. The van der Waals surface area contributed by atoms with E-state index in [1.807, 2.05) is 30.3 Å². The van der Waals surface area contributed by atoms with Crippen molar-refractivity contribution in [3.05, 3.63) is 47.5 Å². The number of amides is 1. The van der Waals surface area contributed by atoms with Gasteiger partial charge in [0.2, 0.25) is 5.91 Å². The van der Waals surface area contributed by atoms with Crippen molar-refractivity contribution >= 4 is 5.91 Å². The maximum Gasteiger partial charge on any atom is 0.244 e. The van der Waals surface area contributed by atoms with Gasteiger partial charge in [-0.1, -0.05) is 30.3 Å². The first-order valence-electron chi connectivity index (χ1n) is 7.13. The summed E-state index contributed by atoms with van der Waals surface area (Å²) in [6.07, 6.45) is 2.06. The van der Waals surface area contributed by atoms with Crippen LogP contribution in [0.15, 0.2) is 30.3 Å². The predicted octanol–water partition coefficient (Wildman–Crippen LogP) is 0.883. The minimum atomic E-state index is -0.642. The molecule has 1 aliphatic rings. The van der Waals surface area contributed by atoms with Crippen LogP contribution >= 0.6 is 0 Å². The quantitative estimate of drug-likeness (QED) is 0.904. The normalized spacial score (nSPS) is 14.8. The van der Waals surface area contributed by atoms with E-state index < -0.39 is 6.04 Å². The number of benzene rings is 1. The molecular formula is C15H19N5O. The van der Waals surface area contributed by atoms with Crippen molar-refractivity contribution in [2.75, 3.05) is 7.05 Å². The van der Waals surface area contributed by atoms with E-state index in [0.29, 0.717) is 6.54 Å². The molecule has 1 aliphatic heterocycles. The number of carbonyl (C=O) groups is 1. The number of carbonyl (C=O) groups excluding carboxylic acids is 1. The Morgan fingerprint density at radius 2 is 2.14 bits per heavy atom. The average Bonchev–Trinajstić information content (AvgIpc) is 3.11. The van der Waals surface area contributed by atoms with Crippen LogP contribution in [0.1, 0.15) is 29.7 Å². The molecule has 0 fully saturated rings. The van der Waals surface area contributed by atoms with Crippen molar-refractivity contribution in [3.8, 4) is 0 Å². The molecule has 1 aromatic heterocycles. The molecule has 0 unspecified atom stereocenters. The average molecular weight is 285 g/mol. The Hall–Kier alpha value is -2.21. The standard InChI is InChI=1S/C15H19N5O/c1-19(10-13-18-17-12-8-5-9-20(12)13)15(21)14(16)11-6-3-2-4-7-11/h2-4,6-7,14H,5,8-10,16H2,1H3/t14-/m1/s1. The van der Waals surface area contributed by atoms with Crippen molar-refractivity contribution in [3.63, 3.8) is 0 Å². The number of likely N-dealkylation sites (N-methyl/N-ethyl adjacent to an activating group) is 1. The maximum atomic E-state index is 12.4. The van der Waals surface area contributed by atoms with Crippen LogP contribution in [-0.2, 0) is 24.3 Å². The lowest BCUT2D eigenvalue weighted by molar-refractivity contribution is -0.132. The van der Waals surface area contributed by atoms with Crippen molar-refractivity contribution in [1.82, 2.24) is 19.7 Å². The van der Waals surface area contributed by atoms with E-state index in [1.165, 1.54) is 0 Å². The summed E-state index contributed by atoms with van der Waals surface area (Å²) in [7, 11) is 1.75. The third kappa shape index (κ3) is 2.67. The Morgan fingerprint density at radius 1 is 1.38 bits per heavy atom. The Kier molecular flexibility index (Phi) is 3.70. The zero-order valence-electron chi connectivity index (χ0n) is 12.1. The predicted molar refractivity (Wildman–Crippen MR) is 78.2 cm³/mol. The van der Waals surface area contributed by atoms with Gasteiger partial charge in [-0.3, -0.25) is 4.79 Å². The Labute approximate surface area is 123 Å². The molecule has 0 aliphatic carbocycles. The van der Waals surface area contributed by atoms with Crippen molar-refractivity contribution in [2.24, 2.45) is 5.73 Å². The SMILES string of the molecule is CN(Cc1nnc2n1CCC2)C(=O)[C@H](N)c1ccccc1. The Bertz CT molecular complexity index is 637. The Morgan fingerprint density at radius 3 is 2.90 bits per heavy atom. The summed E-state index contributed by atoms with van der Waals surface area (Å²) < 4.78 is 2.10. The van der Waals surface area contributed by atoms with Crippen LogP contribution in [0.2, 0.25) is 0 Å². The second-order valence-corrected chi connectivity index (χ2v) is 5.37. The number of rotatable bonds is 4. The molecule has 0 bridgehead atoms. The number of hydrogen-bond acceptors (Lipinski definition) is 4. The smallest absolute Gasteiger partial charge is 0.244 e. The van der Waals surface area contributed by atoms with Crippen LogP contribution in [0.5, 0.6) is 0 Å². The summed E-state index contributed by atoms with van der Waals surface area (Å²) in [6, 6.07) is 8.76. The number of fused-ring (bicyclic) bond motifs is 1. The highest BCUT2D eigenvalue weighted by Crippen LogP contribution is 2.17. The summed E-state index contributed by atoms with van der Waals surface area (Å²) in [5, 5.41) is 8.33. The van der Waals surface area contributed by atoms with E-state index in [4.69, 9.17) is 5.73 Å². The van der Waals surface area contributed by atoms with E-state index in [9.17, 15) is 4.79 Å². The molecule has 0 radical (unpaired) electrons. The lowest BCUT2D eigenvalue weighted by Gasteiger charge is -2.21. The van der Waals surface area contributed by atoms with Crippen LogP contribution in [0.4, 0.5) is 0 Å². The highest BCUT2D eigenvalue weighted by atomic mass is 16.2. The molecule has 3 rings (SSSR count). The van der Waals surface area contributed by atoms with Crippen molar-refractivity contribution in [1.29, 1.82) is 0 Å². The molecule has 1 atom stereocenters. The van der Waals surface area contributed by atoms with Gasteiger partial charge in [0.15, 0.2) is 5.82 Å². The van der Waals surface area contributed by atoms with Crippen LogP contribution in [0.25, 0.3) is 0 Å². The first kappa shape index (κ1) is 13.8. The molecule has 1 amide bonds. The van der Waals surface area contributed by atoms with Gasteiger partial charge in [-0.05, 0) is 12.0 Å². The number of aromatic nitrogens is 3. The molecule has 110 valence electrons. The van der Waals surface area contributed by atoms with Gasteiger partial charge >= 0.3 is 0 Å². The summed E-state index contributed by atoms with van der Waals surface area (Å²) in [4.78, 5) is 14.0. The fraction of sp³-hybridized carbons (Fsp3) is 0.400. The molecule has 2 N–H and O–H groups in total. The largest absolute Gasteiger partial charge is 0.337 e. The molecule has 6 heteroatoms. The van der Waals surface area contributed by atoms with Crippen LogP contribution in [0.3, 0.4) is 0 Å². The fourth-order valence-corrected chi connectivity index (χ4v) is 2.66. The first-order valence-corrected chi connectivity index (χ1v) is 7.13. The monoisotopic (exact) mass is 285 g/mol. The van der Waals surface area contributed by atoms with Gasteiger partial charge in [0.1, 0.15) is 11.9 Å². The molecule has 0 saturated heterocycles. The second-order valence-electron chi connectivity index (χ2n) is 5.37. The van der Waals surface area contributed by atoms with E-state index in [2.05, 4.69) is 14.8 Å². The Balaban J connectivity index is 1.70. The van der Waals surface area contributed by atoms with E-state index >= 15 is 0 Å². The number of nitrogens with zero attached hydrogens (tertiary/aromatic N) is 4. The number of hydrogen-bond donors (Lipinski definition) is 1. The highest BCUT2D eigenvalue weighted by Gasteiger charge is 2.23. The topological polar surface area (TPSA) is 77.0 Å². The molecule has 2 aromatic rings. The fourth-order valence-electron chi connectivity index (χ4n) is 2.66. The van der Waals surface area contributed by atoms with Gasteiger partial charge in [-0.2, -0.15) is 0 Å². The van der Waals surface area contributed by atoms with Crippen molar-refractivity contribution < 1.29 is 4.79 Å². The minimum absolute atomic E-state index is 0.114. The van der Waals surface area contributed by atoms with Crippen LogP contribution < -0.4 is 5.73 Å². The lowest BCUT2D eigenvalue weighted by atomic mass is 10.1. The summed E-state index contributed by atoms with van der Waals surface area (Å²) >= 11 is 0. The van der Waals surface area contributed by atoms with Gasteiger partial charge in [0.25, 0.3) is 0 Å². The molecule has 21 heavy (non-hydrogen) atoms. The van der Waals surface area contributed by atoms with Gasteiger partial charge < -0.3 is 15.2 Å². The zero-order chi connectivity index (χ0) is 14.8. The highest BCUT2D eigenvalue weighted by molar-refractivity contribution is 5.82. The summed E-state index contributed by atoms with van der Waals surface area (Å²) in [5.74, 6) is 1.73. The lowest BCUT2D eigenvalue weighted by Crippen LogP contribution is -2.36. The van der Waals surface area contributed by atoms with E-state index in [-0.39, 0.29) is 5.91 Å². The molecule has 1 aromatic carbocycles.